The summed E-state index contributed by atoms with van der Waals surface area (Å²) in [6.45, 7) is 7.74. The van der Waals surface area contributed by atoms with Crippen LogP contribution in [0, 0.1) is 5.82 Å². The van der Waals surface area contributed by atoms with E-state index in [4.69, 9.17) is 19.8 Å². The van der Waals surface area contributed by atoms with Gasteiger partial charge < -0.3 is 19.8 Å². The van der Waals surface area contributed by atoms with E-state index in [9.17, 15) is 4.39 Å². The van der Waals surface area contributed by atoms with Crippen LogP contribution in [0.2, 0.25) is 0 Å². The Labute approximate surface area is 119 Å². The van der Waals surface area contributed by atoms with Gasteiger partial charge in [0.1, 0.15) is 11.6 Å². The van der Waals surface area contributed by atoms with Crippen molar-refractivity contribution >= 4 is 7.12 Å². The van der Waals surface area contributed by atoms with Gasteiger partial charge in [0.25, 0.3) is 0 Å². The highest BCUT2D eigenvalue weighted by Gasteiger charge is 2.53. The molecule has 0 aliphatic carbocycles. The molecule has 1 fully saturated rings. The normalized spacial score (nSPS) is 21.9. The Kier molecular flexibility index (Phi) is 3.84. The lowest BCUT2D eigenvalue weighted by Crippen LogP contribution is -2.41. The second kappa shape index (κ2) is 5.02. The van der Waals surface area contributed by atoms with Crippen LogP contribution >= 0.6 is 0 Å². The van der Waals surface area contributed by atoms with Gasteiger partial charge in [-0.05, 0) is 33.8 Å². The predicted molar refractivity (Wildman–Crippen MR) is 76.0 cm³/mol. The first kappa shape index (κ1) is 15.3. The third kappa shape index (κ3) is 2.55. The Morgan fingerprint density at radius 2 is 1.75 bits per heavy atom. The van der Waals surface area contributed by atoms with Crippen LogP contribution in [-0.2, 0) is 9.31 Å². The molecular formula is C14H21BFNO3. The van der Waals surface area contributed by atoms with Gasteiger partial charge in [-0.25, -0.2) is 4.39 Å². The smallest absolute Gasteiger partial charge is 0.480 e. The van der Waals surface area contributed by atoms with Crippen molar-refractivity contribution < 1.29 is 18.4 Å². The molecule has 4 nitrogen and oxygen atoms in total. The second-order valence-electron chi connectivity index (χ2n) is 6.04. The Bertz CT molecular complexity index is 491. The van der Waals surface area contributed by atoms with E-state index >= 15 is 0 Å². The number of rotatable bonds is 3. The van der Waals surface area contributed by atoms with Crippen molar-refractivity contribution in [3.63, 3.8) is 0 Å². The zero-order chi connectivity index (χ0) is 15.1. The molecule has 1 aliphatic rings. The van der Waals surface area contributed by atoms with Crippen molar-refractivity contribution in [3.8, 4) is 5.75 Å². The number of ether oxygens (including phenoxy) is 1. The summed E-state index contributed by atoms with van der Waals surface area (Å²) >= 11 is 0. The summed E-state index contributed by atoms with van der Waals surface area (Å²) in [7, 11) is 0.811. The Balaban J connectivity index is 2.23. The quantitative estimate of drug-likeness (QED) is 0.865. The maximum absolute atomic E-state index is 14.1. The molecule has 0 amide bonds. The van der Waals surface area contributed by atoms with Gasteiger partial charge in [-0.1, -0.05) is 6.07 Å². The van der Waals surface area contributed by atoms with Crippen molar-refractivity contribution in [2.75, 3.05) is 7.11 Å². The SMILES string of the molecule is COc1ccc([C@H](N)B2OC(C)(C)C(C)(C)O2)c(F)c1. The van der Waals surface area contributed by atoms with Crippen LogP contribution in [0.5, 0.6) is 5.75 Å². The largest absolute Gasteiger partial charge is 0.497 e. The first-order valence-electron chi connectivity index (χ1n) is 6.62. The number of benzene rings is 1. The molecule has 0 bridgehead atoms. The van der Waals surface area contributed by atoms with Crippen LogP contribution in [0.15, 0.2) is 18.2 Å². The topological polar surface area (TPSA) is 53.7 Å². The molecule has 1 aromatic rings. The van der Waals surface area contributed by atoms with Gasteiger partial charge in [-0.3, -0.25) is 0 Å². The van der Waals surface area contributed by atoms with Crippen LogP contribution in [0.25, 0.3) is 0 Å². The first-order chi connectivity index (χ1) is 9.18. The highest BCUT2D eigenvalue weighted by atomic mass is 19.1. The zero-order valence-electron chi connectivity index (χ0n) is 12.6. The molecule has 1 atom stereocenters. The molecule has 1 saturated heterocycles. The summed E-state index contributed by atoms with van der Waals surface area (Å²) in [5.74, 6) is -0.666. The van der Waals surface area contributed by atoms with Gasteiger partial charge in [0, 0.05) is 11.6 Å². The molecule has 2 rings (SSSR count). The fourth-order valence-corrected chi connectivity index (χ4v) is 2.09. The maximum Gasteiger partial charge on any atom is 0.480 e. The Morgan fingerprint density at radius 1 is 1.20 bits per heavy atom. The van der Waals surface area contributed by atoms with Crippen molar-refractivity contribution in [3.05, 3.63) is 29.6 Å². The fourth-order valence-electron chi connectivity index (χ4n) is 2.09. The molecule has 1 aliphatic heterocycles. The summed E-state index contributed by atoms with van der Waals surface area (Å²) in [4.78, 5) is 0. The number of halogens is 1. The van der Waals surface area contributed by atoms with Gasteiger partial charge in [-0.2, -0.15) is 0 Å². The van der Waals surface area contributed by atoms with E-state index < -0.39 is 30.1 Å². The number of hydrogen-bond donors (Lipinski definition) is 1. The number of nitrogens with two attached hydrogens (primary N) is 1. The zero-order valence-corrected chi connectivity index (χ0v) is 12.6. The lowest BCUT2D eigenvalue weighted by molar-refractivity contribution is 0.00578. The highest BCUT2D eigenvalue weighted by Crippen LogP contribution is 2.40. The highest BCUT2D eigenvalue weighted by molar-refractivity contribution is 6.47. The van der Waals surface area contributed by atoms with E-state index in [1.54, 1.807) is 12.1 Å². The standard InChI is InChI=1S/C14H21BFNO3/c1-13(2)14(3,4)20-15(19-13)12(17)10-7-6-9(18-5)8-11(10)16/h6-8,12H,17H2,1-5H3/t12-/m0/s1. The van der Waals surface area contributed by atoms with Crippen LogP contribution in [0.3, 0.4) is 0 Å². The third-order valence-corrected chi connectivity index (χ3v) is 4.13. The van der Waals surface area contributed by atoms with Crippen LogP contribution in [0.4, 0.5) is 4.39 Å². The summed E-state index contributed by atoms with van der Waals surface area (Å²) in [5, 5.41) is 0. The van der Waals surface area contributed by atoms with Gasteiger partial charge in [0.15, 0.2) is 0 Å². The molecule has 1 heterocycles. The molecule has 2 N–H and O–H groups in total. The van der Waals surface area contributed by atoms with E-state index in [0.717, 1.165) is 0 Å². The molecule has 0 aromatic heterocycles. The molecule has 20 heavy (non-hydrogen) atoms. The molecule has 0 unspecified atom stereocenters. The van der Waals surface area contributed by atoms with Crippen molar-refractivity contribution in [1.29, 1.82) is 0 Å². The summed E-state index contributed by atoms with van der Waals surface area (Å²) in [6, 6.07) is 4.58. The van der Waals surface area contributed by atoms with Gasteiger partial charge in [0.2, 0.25) is 0 Å². The average Bonchev–Trinajstić information content (AvgIpc) is 2.57. The molecular weight excluding hydrogens is 260 g/mol. The molecule has 6 heteroatoms. The molecule has 1 aromatic carbocycles. The van der Waals surface area contributed by atoms with Gasteiger partial charge in [-0.15, -0.1) is 0 Å². The minimum Gasteiger partial charge on any atom is -0.497 e. The number of methoxy groups -OCH3 is 1. The summed E-state index contributed by atoms with van der Waals surface area (Å²) in [5.41, 5.74) is 5.48. The van der Waals surface area contributed by atoms with Gasteiger partial charge in [0.05, 0.1) is 24.3 Å². The minimum atomic E-state index is -0.693. The first-order valence-corrected chi connectivity index (χ1v) is 6.62. The monoisotopic (exact) mass is 281 g/mol. The van der Waals surface area contributed by atoms with E-state index in [2.05, 4.69) is 0 Å². The summed E-state index contributed by atoms with van der Waals surface area (Å²) in [6.07, 6.45) is 0. The maximum atomic E-state index is 14.1. The lowest BCUT2D eigenvalue weighted by atomic mass is 9.74. The lowest BCUT2D eigenvalue weighted by Gasteiger charge is -2.32. The van der Waals surface area contributed by atoms with E-state index in [1.807, 2.05) is 27.7 Å². The predicted octanol–water partition coefficient (Wildman–Crippen LogP) is 2.47. The van der Waals surface area contributed by atoms with Crippen LogP contribution in [0.1, 0.15) is 39.2 Å². The fraction of sp³-hybridized carbons (Fsp3) is 0.571. The van der Waals surface area contributed by atoms with E-state index in [0.29, 0.717) is 11.3 Å². The minimum absolute atomic E-state index is 0.351. The Hall–Kier alpha value is -1.11. The van der Waals surface area contributed by atoms with Gasteiger partial charge >= 0.3 is 7.12 Å². The third-order valence-electron chi connectivity index (χ3n) is 4.13. The average molecular weight is 281 g/mol. The van der Waals surface area contributed by atoms with Crippen molar-refractivity contribution in [2.45, 2.75) is 44.8 Å². The second-order valence-corrected chi connectivity index (χ2v) is 6.04. The molecule has 0 saturated carbocycles. The van der Waals surface area contributed by atoms with Crippen LogP contribution in [-0.4, -0.2) is 25.4 Å². The molecule has 110 valence electrons. The summed E-state index contributed by atoms with van der Waals surface area (Å²) < 4.78 is 30.7. The molecule has 0 radical (unpaired) electrons. The van der Waals surface area contributed by atoms with Crippen molar-refractivity contribution in [2.24, 2.45) is 5.73 Å². The van der Waals surface area contributed by atoms with E-state index in [1.165, 1.54) is 13.2 Å². The van der Waals surface area contributed by atoms with Crippen molar-refractivity contribution in [1.82, 2.24) is 0 Å². The Morgan fingerprint density at radius 3 is 2.20 bits per heavy atom. The molecule has 0 spiro atoms. The number of hydrogen-bond acceptors (Lipinski definition) is 4. The van der Waals surface area contributed by atoms with Crippen LogP contribution < -0.4 is 10.5 Å². The van der Waals surface area contributed by atoms with E-state index in [-0.39, 0.29) is 0 Å².